The third kappa shape index (κ3) is 3.89. The van der Waals surface area contributed by atoms with E-state index < -0.39 is 11.3 Å². The van der Waals surface area contributed by atoms with Gasteiger partial charge in [-0.2, -0.15) is 10.5 Å². The number of rotatable bonds is 3. The van der Waals surface area contributed by atoms with Gasteiger partial charge in [0.1, 0.15) is 17.7 Å². The molecule has 0 unspecified atom stereocenters. The number of morpholine rings is 1. The van der Waals surface area contributed by atoms with Gasteiger partial charge in [-0.25, -0.2) is 4.99 Å². The number of allylic oxidation sites excluding steroid dienone is 1. The molecule has 9 heteroatoms. The van der Waals surface area contributed by atoms with E-state index in [2.05, 4.69) is 10.3 Å². The quantitative estimate of drug-likeness (QED) is 0.325. The monoisotopic (exact) mass is 330 g/mol. The van der Waals surface area contributed by atoms with Crippen LogP contribution < -0.4 is 14.9 Å². The molecule has 0 spiro atoms. The molecule has 0 aliphatic carbocycles. The van der Waals surface area contributed by atoms with Crippen molar-refractivity contribution < 1.29 is 19.2 Å². The van der Waals surface area contributed by atoms with E-state index in [-0.39, 0.29) is 17.2 Å². The summed E-state index contributed by atoms with van der Waals surface area (Å²) in [6.07, 6.45) is 1.31. The van der Waals surface area contributed by atoms with Gasteiger partial charge < -0.3 is 9.84 Å². The maximum absolute atomic E-state index is 12.1. The highest BCUT2D eigenvalue weighted by molar-refractivity contribution is 5.80. The summed E-state index contributed by atoms with van der Waals surface area (Å²) in [5, 5.41) is 35.9. The average molecular weight is 330 g/mol. The highest BCUT2D eigenvalue weighted by Gasteiger charge is 2.31. The largest absolute Gasteiger partial charge is 0.861 e. The lowest BCUT2D eigenvalue weighted by atomic mass is 9.97. The van der Waals surface area contributed by atoms with Crippen LogP contribution in [0.1, 0.15) is 26.5 Å². The Kier molecular flexibility index (Phi) is 5.17. The van der Waals surface area contributed by atoms with E-state index in [1.807, 2.05) is 5.01 Å². The van der Waals surface area contributed by atoms with Gasteiger partial charge in [-0.1, -0.05) is 20.8 Å². The van der Waals surface area contributed by atoms with Crippen molar-refractivity contribution >= 4 is 17.9 Å². The van der Waals surface area contributed by atoms with E-state index >= 15 is 0 Å². The van der Waals surface area contributed by atoms with Crippen molar-refractivity contribution in [2.45, 2.75) is 20.8 Å². The van der Waals surface area contributed by atoms with Crippen LogP contribution in [0.4, 0.5) is 5.88 Å². The summed E-state index contributed by atoms with van der Waals surface area (Å²) in [5.41, 5.74) is -0.558. The average Bonchev–Trinajstić information content (AvgIpc) is 2.95. The molecule has 126 valence electrons. The molecule has 24 heavy (non-hydrogen) atoms. The Morgan fingerprint density at radius 3 is 2.50 bits per heavy atom. The van der Waals surface area contributed by atoms with Crippen molar-refractivity contribution in [2.24, 2.45) is 10.4 Å². The van der Waals surface area contributed by atoms with Gasteiger partial charge in [0.05, 0.1) is 37.2 Å². The Labute approximate surface area is 139 Å². The third-order valence-electron chi connectivity index (χ3n) is 3.26. The summed E-state index contributed by atoms with van der Waals surface area (Å²) in [5.74, 6) is -0.428. The van der Waals surface area contributed by atoms with Crippen LogP contribution in [0.3, 0.4) is 0 Å². The minimum atomic E-state index is -0.690. The van der Waals surface area contributed by atoms with Crippen LogP contribution in [0, 0.1) is 28.1 Å². The molecule has 0 N–H and O–H groups in total. The Balaban J connectivity index is 2.52. The number of hydrogen-bond donors (Lipinski definition) is 0. The van der Waals surface area contributed by atoms with Crippen LogP contribution in [0.2, 0.25) is 0 Å². The number of ether oxygens (including phenoxy) is 1. The second-order valence-corrected chi connectivity index (χ2v) is 6.17. The first-order valence-electron chi connectivity index (χ1n) is 7.40. The molecule has 9 nitrogen and oxygen atoms in total. The third-order valence-corrected chi connectivity index (χ3v) is 3.26. The van der Waals surface area contributed by atoms with Gasteiger partial charge in [0.2, 0.25) is 5.27 Å². The first-order chi connectivity index (χ1) is 11.4. The lowest BCUT2D eigenvalue weighted by molar-refractivity contribution is -0.761. The standard InChI is InChI=1S/C15H18N6O3/c1-15(2,3)14(22)18-13-12(8-11(9-16)10-17)21(19-24-13)20-4-6-23-7-5-20/h8H,4-7H2,1-3H3. The van der Waals surface area contributed by atoms with E-state index in [1.54, 1.807) is 32.9 Å². The minimum absolute atomic E-state index is 0.0376. The molecule has 1 aliphatic heterocycles. The van der Waals surface area contributed by atoms with Crippen molar-refractivity contribution in [3.05, 3.63) is 11.3 Å². The number of aliphatic imine (C=N–C) groups is 1. The number of aromatic nitrogens is 2. The Morgan fingerprint density at radius 2 is 1.96 bits per heavy atom. The van der Waals surface area contributed by atoms with Crippen LogP contribution in [-0.4, -0.2) is 37.5 Å². The number of hydrogen-bond acceptors (Lipinski definition) is 8. The van der Waals surface area contributed by atoms with Gasteiger partial charge >= 0.3 is 11.6 Å². The molecule has 1 aromatic heterocycles. The maximum Gasteiger partial charge on any atom is 0.335 e. The van der Waals surface area contributed by atoms with E-state index in [0.717, 1.165) is 0 Å². The van der Waals surface area contributed by atoms with Gasteiger partial charge in [0, 0.05) is 0 Å². The van der Waals surface area contributed by atoms with Crippen molar-refractivity contribution in [1.82, 2.24) is 5.27 Å². The minimum Gasteiger partial charge on any atom is -0.861 e. The zero-order chi connectivity index (χ0) is 17.7. The lowest BCUT2D eigenvalue weighted by Crippen LogP contribution is -2.64. The molecular weight excluding hydrogens is 312 g/mol. The zero-order valence-electron chi connectivity index (χ0n) is 13.8. The molecule has 1 saturated heterocycles. The number of nitriles is 2. The predicted molar refractivity (Wildman–Crippen MR) is 81.2 cm³/mol. The summed E-state index contributed by atoms with van der Waals surface area (Å²) in [6, 6.07) is 3.56. The normalized spacial score (nSPS) is 15.5. The molecule has 2 rings (SSSR count). The second kappa shape index (κ2) is 7.11. The fraction of sp³-hybridized carbons (Fsp3) is 0.533. The van der Waals surface area contributed by atoms with Gasteiger partial charge in [-0.05, 0) is 11.3 Å². The zero-order valence-corrected chi connectivity index (χ0v) is 13.8. The Bertz CT molecular complexity index is 723. The van der Waals surface area contributed by atoms with Gasteiger partial charge in [0.25, 0.3) is 0 Å². The highest BCUT2D eigenvalue weighted by Crippen LogP contribution is 2.22. The number of nitrogens with zero attached hydrogens (tertiary/aromatic N) is 6. The van der Waals surface area contributed by atoms with E-state index in [1.165, 1.54) is 10.9 Å². The summed E-state index contributed by atoms with van der Waals surface area (Å²) < 4.78 is 10.5. The summed E-state index contributed by atoms with van der Waals surface area (Å²) in [6.45, 7) is 7.34. The van der Waals surface area contributed by atoms with Crippen LogP contribution >= 0.6 is 0 Å². The molecular formula is C15H18N6O3. The van der Waals surface area contributed by atoms with Crippen molar-refractivity contribution in [3.63, 3.8) is 0 Å². The summed E-state index contributed by atoms with van der Waals surface area (Å²) in [7, 11) is 0. The summed E-state index contributed by atoms with van der Waals surface area (Å²) in [4.78, 5) is 5.37. The molecule has 1 fully saturated rings. The molecule has 1 aliphatic rings. The first kappa shape index (κ1) is 17.4. The lowest BCUT2D eigenvalue weighted by Gasteiger charge is -2.24. The molecule has 0 atom stereocenters. The van der Waals surface area contributed by atoms with Crippen molar-refractivity contribution in [1.29, 1.82) is 10.5 Å². The maximum atomic E-state index is 12.1. The van der Waals surface area contributed by atoms with E-state index in [4.69, 9.17) is 19.8 Å². The fourth-order valence-corrected chi connectivity index (χ4v) is 1.88. The van der Waals surface area contributed by atoms with Crippen LogP contribution in [0.5, 0.6) is 0 Å². The van der Waals surface area contributed by atoms with Gasteiger partial charge in [-0.15, -0.1) is 5.01 Å². The molecule has 0 saturated carbocycles. The van der Waals surface area contributed by atoms with Crippen LogP contribution in [0.15, 0.2) is 15.1 Å². The van der Waals surface area contributed by atoms with Crippen molar-refractivity contribution in [2.75, 3.05) is 31.3 Å². The first-order valence-corrected chi connectivity index (χ1v) is 7.40. The molecule has 0 bridgehead atoms. The van der Waals surface area contributed by atoms with Crippen LogP contribution in [0.25, 0.3) is 6.08 Å². The van der Waals surface area contributed by atoms with Crippen LogP contribution in [-0.2, 0) is 4.74 Å². The fourth-order valence-electron chi connectivity index (χ4n) is 1.88. The molecule has 0 radical (unpaired) electrons. The van der Waals surface area contributed by atoms with Gasteiger partial charge in [0.15, 0.2) is 0 Å². The molecule has 2 heterocycles. The molecule has 1 aromatic rings. The predicted octanol–water partition coefficient (Wildman–Crippen LogP) is -0.203. The Morgan fingerprint density at radius 1 is 1.33 bits per heavy atom. The second-order valence-electron chi connectivity index (χ2n) is 6.17. The van der Waals surface area contributed by atoms with E-state index in [9.17, 15) is 5.11 Å². The van der Waals surface area contributed by atoms with E-state index in [0.29, 0.717) is 26.3 Å². The summed E-state index contributed by atoms with van der Waals surface area (Å²) >= 11 is 0. The molecule has 0 amide bonds. The molecule has 0 aromatic carbocycles. The SMILES string of the molecule is CC(C)(C)/C([O-])=N/c1on[n+](N2CCOCC2)c1C=C(C#N)C#N. The van der Waals surface area contributed by atoms with Crippen molar-refractivity contribution in [3.8, 4) is 12.1 Å². The Hall–Kier alpha value is -2.91. The topological polar surface area (TPSA) is 125 Å². The highest BCUT2D eigenvalue weighted by atomic mass is 16.5. The smallest absolute Gasteiger partial charge is 0.335 e. The van der Waals surface area contributed by atoms with Gasteiger partial charge in [-0.3, -0.25) is 4.52 Å².